The van der Waals surface area contributed by atoms with Gasteiger partial charge in [0.1, 0.15) is 0 Å². The summed E-state index contributed by atoms with van der Waals surface area (Å²) in [5.41, 5.74) is 0.338. The summed E-state index contributed by atoms with van der Waals surface area (Å²) >= 11 is 2.11. The topological polar surface area (TPSA) is 39.7 Å². The largest absolute Gasteiger partial charge is 0.357 e. The summed E-state index contributed by atoms with van der Waals surface area (Å²) in [6, 6.07) is 0.673. The van der Waals surface area contributed by atoms with Gasteiger partial charge in [-0.15, -0.1) is 0 Å². The first kappa shape index (κ1) is 16.4. The zero-order valence-electron chi connectivity index (χ0n) is 14.1. The zero-order chi connectivity index (χ0) is 15.3. The predicted molar refractivity (Wildman–Crippen MR) is 96.9 cm³/mol. The van der Waals surface area contributed by atoms with E-state index in [4.69, 9.17) is 4.99 Å². The molecular formula is C17H32N4S. The van der Waals surface area contributed by atoms with E-state index in [-0.39, 0.29) is 0 Å². The molecule has 2 aliphatic carbocycles. The molecular weight excluding hydrogens is 292 g/mol. The molecule has 0 aromatic carbocycles. The second-order valence-corrected chi connectivity index (χ2v) is 8.22. The lowest BCUT2D eigenvalue weighted by Crippen LogP contribution is -2.55. The number of thioether (sulfide) groups is 1. The SMILES string of the molecule is CCNC(=NCC1(N2CCSCC2)CCCCC1)NC1CC1. The Hall–Kier alpha value is -0.420. The highest BCUT2D eigenvalue weighted by Crippen LogP contribution is 2.35. The highest BCUT2D eigenvalue weighted by Gasteiger charge is 2.38. The fourth-order valence-corrected chi connectivity index (χ4v) is 4.69. The van der Waals surface area contributed by atoms with Gasteiger partial charge in [-0.1, -0.05) is 19.3 Å². The van der Waals surface area contributed by atoms with Crippen LogP contribution in [0.4, 0.5) is 0 Å². The number of nitrogens with zero attached hydrogens (tertiary/aromatic N) is 2. The lowest BCUT2D eigenvalue weighted by Gasteiger charge is -2.47. The van der Waals surface area contributed by atoms with Gasteiger partial charge < -0.3 is 10.6 Å². The monoisotopic (exact) mass is 324 g/mol. The summed E-state index contributed by atoms with van der Waals surface area (Å²) in [4.78, 5) is 7.78. The number of hydrogen-bond acceptors (Lipinski definition) is 3. The third-order valence-corrected chi connectivity index (χ3v) is 6.20. The molecule has 0 amide bonds. The van der Waals surface area contributed by atoms with Gasteiger partial charge in [-0.05, 0) is 32.6 Å². The van der Waals surface area contributed by atoms with Gasteiger partial charge in [-0.3, -0.25) is 9.89 Å². The van der Waals surface area contributed by atoms with E-state index in [9.17, 15) is 0 Å². The van der Waals surface area contributed by atoms with E-state index in [1.54, 1.807) is 0 Å². The van der Waals surface area contributed by atoms with Gasteiger partial charge in [0.2, 0.25) is 0 Å². The summed E-state index contributed by atoms with van der Waals surface area (Å²) in [5, 5.41) is 7.00. The van der Waals surface area contributed by atoms with E-state index in [1.165, 1.54) is 69.5 Å². The Morgan fingerprint density at radius 1 is 1.18 bits per heavy atom. The van der Waals surface area contributed by atoms with Crippen molar-refractivity contribution < 1.29 is 0 Å². The lowest BCUT2D eigenvalue weighted by molar-refractivity contribution is 0.0672. The maximum atomic E-state index is 5.01. The van der Waals surface area contributed by atoms with Crippen LogP contribution in [0.15, 0.2) is 4.99 Å². The molecule has 0 radical (unpaired) electrons. The van der Waals surface area contributed by atoms with Crippen molar-refractivity contribution in [3.05, 3.63) is 0 Å². The molecule has 0 unspecified atom stereocenters. The zero-order valence-corrected chi connectivity index (χ0v) is 14.9. The standard InChI is InChI=1S/C17H32N4S/c1-2-18-16(20-15-6-7-15)19-14-17(8-4-3-5-9-17)21-10-12-22-13-11-21/h15H,2-14H2,1H3,(H2,18,19,20). The van der Waals surface area contributed by atoms with E-state index < -0.39 is 0 Å². The van der Waals surface area contributed by atoms with Crippen molar-refractivity contribution in [3.63, 3.8) is 0 Å². The Morgan fingerprint density at radius 2 is 1.91 bits per heavy atom. The number of nitrogens with one attached hydrogen (secondary N) is 2. The molecule has 126 valence electrons. The van der Waals surface area contributed by atoms with E-state index in [0.717, 1.165) is 19.0 Å². The minimum atomic E-state index is 0.338. The third kappa shape index (κ3) is 4.31. The van der Waals surface area contributed by atoms with Crippen LogP contribution in [0.25, 0.3) is 0 Å². The molecule has 3 aliphatic rings. The molecule has 1 heterocycles. The Morgan fingerprint density at radius 3 is 2.55 bits per heavy atom. The van der Waals surface area contributed by atoms with Crippen LogP contribution in [0.3, 0.4) is 0 Å². The summed E-state index contributed by atoms with van der Waals surface area (Å²) in [6.07, 6.45) is 9.46. The van der Waals surface area contributed by atoms with Crippen molar-refractivity contribution in [2.75, 3.05) is 37.7 Å². The number of hydrogen-bond donors (Lipinski definition) is 2. The van der Waals surface area contributed by atoms with E-state index in [2.05, 4.69) is 34.2 Å². The highest BCUT2D eigenvalue weighted by atomic mass is 32.2. The molecule has 0 aromatic rings. The second-order valence-electron chi connectivity index (χ2n) is 7.00. The molecule has 2 N–H and O–H groups in total. The molecule has 0 spiro atoms. The molecule has 4 nitrogen and oxygen atoms in total. The van der Waals surface area contributed by atoms with Crippen molar-refractivity contribution in [2.24, 2.45) is 4.99 Å². The highest BCUT2D eigenvalue weighted by molar-refractivity contribution is 7.99. The molecule has 0 atom stereocenters. The van der Waals surface area contributed by atoms with Crippen molar-refractivity contribution in [1.29, 1.82) is 0 Å². The summed E-state index contributed by atoms with van der Waals surface area (Å²) in [6.45, 7) is 6.59. The molecule has 3 fully saturated rings. The maximum Gasteiger partial charge on any atom is 0.191 e. The van der Waals surface area contributed by atoms with Crippen LogP contribution in [0.1, 0.15) is 51.9 Å². The van der Waals surface area contributed by atoms with Gasteiger partial charge >= 0.3 is 0 Å². The molecule has 1 aliphatic heterocycles. The normalized spacial score (nSPS) is 26.7. The van der Waals surface area contributed by atoms with Gasteiger partial charge in [0.15, 0.2) is 5.96 Å². The fourth-order valence-electron chi connectivity index (χ4n) is 3.79. The molecule has 1 saturated heterocycles. The molecule has 3 rings (SSSR count). The molecule has 5 heteroatoms. The maximum absolute atomic E-state index is 5.01. The Balaban J connectivity index is 1.67. The van der Waals surface area contributed by atoms with E-state index in [0.29, 0.717) is 11.6 Å². The van der Waals surface area contributed by atoms with Crippen molar-refractivity contribution in [1.82, 2.24) is 15.5 Å². The average Bonchev–Trinajstić information content (AvgIpc) is 3.39. The predicted octanol–water partition coefficient (Wildman–Crippen LogP) is 2.46. The van der Waals surface area contributed by atoms with Crippen LogP contribution in [0.5, 0.6) is 0 Å². The Bertz CT molecular complexity index is 369. The quantitative estimate of drug-likeness (QED) is 0.602. The summed E-state index contributed by atoms with van der Waals surface area (Å²) in [5.74, 6) is 3.64. The first-order valence-corrected chi connectivity index (χ1v) is 10.4. The summed E-state index contributed by atoms with van der Waals surface area (Å²) < 4.78 is 0. The molecule has 2 saturated carbocycles. The van der Waals surface area contributed by atoms with Crippen LogP contribution in [0, 0.1) is 0 Å². The smallest absolute Gasteiger partial charge is 0.191 e. The van der Waals surface area contributed by atoms with Crippen LogP contribution < -0.4 is 10.6 Å². The third-order valence-electron chi connectivity index (χ3n) is 5.26. The molecule has 0 aromatic heterocycles. The Kier molecular flexibility index (Phi) is 5.91. The first-order chi connectivity index (χ1) is 10.8. The minimum absolute atomic E-state index is 0.338. The van der Waals surface area contributed by atoms with Crippen LogP contribution in [0.2, 0.25) is 0 Å². The van der Waals surface area contributed by atoms with Gasteiger partial charge in [-0.25, -0.2) is 0 Å². The summed E-state index contributed by atoms with van der Waals surface area (Å²) in [7, 11) is 0. The fraction of sp³-hybridized carbons (Fsp3) is 0.941. The second kappa shape index (κ2) is 7.91. The number of rotatable bonds is 5. The molecule has 0 bridgehead atoms. The van der Waals surface area contributed by atoms with Crippen LogP contribution >= 0.6 is 11.8 Å². The van der Waals surface area contributed by atoms with Crippen LogP contribution in [-0.4, -0.2) is 60.1 Å². The van der Waals surface area contributed by atoms with E-state index in [1.807, 2.05) is 0 Å². The average molecular weight is 325 g/mol. The van der Waals surface area contributed by atoms with Crippen molar-refractivity contribution in [2.45, 2.75) is 63.5 Å². The lowest BCUT2D eigenvalue weighted by atomic mass is 9.80. The Labute approximate surface area is 139 Å². The van der Waals surface area contributed by atoms with Gasteiger partial charge in [0, 0.05) is 42.7 Å². The number of guanidine groups is 1. The van der Waals surface area contributed by atoms with Gasteiger partial charge in [-0.2, -0.15) is 11.8 Å². The first-order valence-electron chi connectivity index (χ1n) is 9.20. The van der Waals surface area contributed by atoms with Crippen molar-refractivity contribution >= 4 is 17.7 Å². The van der Waals surface area contributed by atoms with Gasteiger partial charge in [0.25, 0.3) is 0 Å². The number of aliphatic imine (C=N–C) groups is 1. The minimum Gasteiger partial charge on any atom is -0.357 e. The van der Waals surface area contributed by atoms with Crippen LogP contribution in [-0.2, 0) is 0 Å². The van der Waals surface area contributed by atoms with E-state index >= 15 is 0 Å². The van der Waals surface area contributed by atoms with Gasteiger partial charge in [0.05, 0.1) is 6.54 Å². The molecule has 22 heavy (non-hydrogen) atoms. The van der Waals surface area contributed by atoms with Crippen molar-refractivity contribution in [3.8, 4) is 0 Å².